The third-order valence-electron chi connectivity index (χ3n) is 5.10. The van der Waals surface area contributed by atoms with Gasteiger partial charge in [-0.15, -0.1) is 5.73 Å². The van der Waals surface area contributed by atoms with E-state index < -0.39 is 23.4 Å². The molecule has 30 heavy (non-hydrogen) atoms. The molecule has 1 aliphatic heterocycles. The first-order chi connectivity index (χ1) is 14.0. The van der Waals surface area contributed by atoms with Crippen LogP contribution in [-0.4, -0.2) is 37.2 Å². The molecule has 2 aliphatic rings. The van der Waals surface area contributed by atoms with Crippen LogP contribution in [0.2, 0.25) is 0 Å². The number of nitrogens with zero attached hydrogens (tertiary/aromatic N) is 2. The van der Waals surface area contributed by atoms with Gasteiger partial charge in [-0.25, -0.2) is 9.18 Å². The van der Waals surface area contributed by atoms with E-state index in [0.717, 1.165) is 26.2 Å². The van der Waals surface area contributed by atoms with Gasteiger partial charge in [-0.3, -0.25) is 0 Å². The molecule has 4 nitrogen and oxygen atoms in total. The number of halogens is 4. The lowest BCUT2D eigenvalue weighted by Crippen LogP contribution is -2.43. The van der Waals surface area contributed by atoms with Crippen molar-refractivity contribution in [2.45, 2.75) is 13.1 Å². The fourth-order valence-electron chi connectivity index (χ4n) is 3.26. The first kappa shape index (κ1) is 21.5. The van der Waals surface area contributed by atoms with E-state index in [4.69, 9.17) is 0 Å². The summed E-state index contributed by atoms with van der Waals surface area (Å²) in [6.45, 7) is 9.37. The maximum Gasteiger partial charge on any atom is 0.401 e. The number of esters is 1. The summed E-state index contributed by atoms with van der Waals surface area (Å²) in [5, 5.41) is 0. The third kappa shape index (κ3) is 3.78. The van der Waals surface area contributed by atoms with E-state index in [-0.39, 0.29) is 18.7 Å². The number of anilines is 1. The van der Waals surface area contributed by atoms with Crippen molar-refractivity contribution >= 4 is 11.7 Å². The van der Waals surface area contributed by atoms with Crippen LogP contribution in [0.25, 0.3) is 0 Å². The van der Waals surface area contributed by atoms with Crippen molar-refractivity contribution in [3.8, 4) is 0 Å². The van der Waals surface area contributed by atoms with Crippen molar-refractivity contribution in [1.29, 1.82) is 0 Å². The molecule has 1 aromatic rings. The fraction of sp³-hybridized carbons (Fsp3) is 0.273. The molecular formula is C22H20F4N2O2. The van der Waals surface area contributed by atoms with Crippen molar-refractivity contribution in [1.82, 2.24) is 4.90 Å². The molecule has 0 amide bonds. The van der Waals surface area contributed by atoms with E-state index >= 15 is 0 Å². The number of carbonyl (C=O) groups excluding carboxylic acids is 1. The van der Waals surface area contributed by atoms with Gasteiger partial charge in [0.2, 0.25) is 0 Å². The van der Waals surface area contributed by atoms with Gasteiger partial charge < -0.3 is 14.5 Å². The molecule has 1 heterocycles. The van der Waals surface area contributed by atoms with Gasteiger partial charge in [0.15, 0.2) is 0 Å². The van der Waals surface area contributed by atoms with Crippen molar-refractivity contribution in [2.75, 3.05) is 25.1 Å². The molecule has 1 atom stereocenters. The highest BCUT2D eigenvalue weighted by molar-refractivity contribution is 5.90. The van der Waals surface area contributed by atoms with E-state index in [0.29, 0.717) is 22.8 Å². The van der Waals surface area contributed by atoms with Crippen LogP contribution in [0.5, 0.6) is 0 Å². The van der Waals surface area contributed by atoms with Crippen LogP contribution < -0.4 is 4.90 Å². The molecule has 1 aliphatic carbocycles. The number of allylic oxidation sites excluding steroid dienone is 2. The van der Waals surface area contributed by atoms with Crippen molar-refractivity contribution in [2.24, 2.45) is 5.41 Å². The standard InChI is InChI=1S/C22H20F4N2O2/c1-14-13-28(17-6-5-9-21(3,11-17)22(24,25)26)15(2)12-27(14)16-7-8-18(19(23)10-16)20(29)30-4/h6-11H,1-2,12-13H2,3-4H3. The van der Waals surface area contributed by atoms with Crippen LogP contribution in [-0.2, 0) is 4.74 Å². The van der Waals surface area contributed by atoms with E-state index in [1.807, 2.05) is 0 Å². The average Bonchev–Trinajstić information content (AvgIpc) is 2.68. The predicted molar refractivity (Wildman–Crippen MR) is 105 cm³/mol. The molecular weight excluding hydrogens is 400 g/mol. The van der Waals surface area contributed by atoms with E-state index in [2.05, 4.69) is 23.6 Å². The Morgan fingerprint density at radius 1 is 1.20 bits per heavy atom. The topological polar surface area (TPSA) is 32.8 Å². The first-order valence-electron chi connectivity index (χ1n) is 8.98. The minimum Gasteiger partial charge on any atom is -0.465 e. The summed E-state index contributed by atoms with van der Waals surface area (Å²) in [6, 6.07) is 4.04. The van der Waals surface area contributed by atoms with Gasteiger partial charge in [0.25, 0.3) is 0 Å². The molecule has 1 unspecified atom stereocenters. The molecule has 3 rings (SSSR count). The highest BCUT2D eigenvalue weighted by Gasteiger charge is 2.49. The Kier molecular flexibility index (Phi) is 5.39. The normalized spacial score (nSPS) is 21.7. The summed E-state index contributed by atoms with van der Waals surface area (Å²) in [7, 11) is 1.16. The lowest BCUT2D eigenvalue weighted by Gasteiger charge is -2.41. The molecule has 0 N–H and O–H groups in total. The Balaban J connectivity index is 1.85. The van der Waals surface area contributed by atoms with Gasteiger partial charge in [-0.05, 0) is 37.3 Å². The number of rotatable bonds is 3. The molecule has 0 saturated carbocycles. The number of ether oxygens (including phenoxy) is 1. The predicted octanol–water partition coefficient (Wildman–Crippen LogP) is 4.94. The van der Waals surface area contributed by atoms with E-state index in [9.17, 15) is 22.4 Å². The maximum atomic E-state index is 14.3. The van der Waals surface area contributed by atoms with Gasteiger partial charge in [-0.2, -0.15) is 13.2 Å². The summed E-state index contributed by atoms with van der Waals surface area (Å²) in [4.78, 5) is 14.9. The molecule has 1 aromatic carbocycles. The molecule has 1 fully saturated rings. The molecule has 0 spiro atoms. The molecule has 0 bridgehead atoms. The Morgan fingerprint density at radius 3 is 2.43 bits per heavy atom. The largest absolute Gasteiger partial charge is 0.465 e. The summed E-state index contributed by atoms with van der Waals surface area (Å²) < 4.78 is 59.1. The second kappa shape index (κ2) is 7.54. The number of carbonyl (C=O) groups is 1. The van der Waals surface area contributed by atoms with Crippen molar-refractivity contribution in [3.05, 3.63) is 83.8 Å². The zero-order valence-electron chi connectivity index (χ0n) is 16.5. The minimum atomic E-state index is -4.46. The van der Waals surface area contributed by atoms with E-state index in [1.54, 1.807) is 15.9 Å². The van der Waals surface area contributed by atoms with E-state index in [1.165, 1.54) is 18.2 Å². The second-order valence-corrected chi connectivity index (χ2v) is 7.27. The summed E-state index contributed by atoms with van der Waals surface area (Å²) in [5.74, 6) is -1.53. The van der Waals surface area contributed by atoms with Gasteiger partial charge in [-0.1, -0.05) is 13.2 Å². The number of methoxy groups -OCH3 is 1. The Morgan fingerprint density at radius 2 is 1.83 bits per heavy atom. The second-order valence-electron chi connectivity index (χ2n) is 7.27. The third-order valence-corrected chi connectivity index (χ3v) is 5.10. The molecule has 158 valence electrons. The number of hydrogen-bond acceptors (Lipinski definition) is 4. The van der Waals surface area contributed by atoms with Crippen LogP contribution in [0.1, 0.15) is 17.3 Å². The Bertz CT molecular complexity index is 1020. The lowest BCUT2D eigenvalue weighted by atomic mass is 9.86. The number of benzene rings is 1. The van der Waals surface area contributed by atoms with Crippen LogP contribution >= 0.6 is 0 Å². The summed E-state index contributed by atoms with van der Waals surface area (Å²) in [5.41, 5.74) is 2.05. The summed E-state index contributed by atoms with van der Waals surface area (Å²) in [6.07, 6.45) is -0.885. The highest BCUT2D eigenvalue weighted by atomic mass is 19.4. The minimum absolute atomic E-state index is 0.164. The molecule has 1 saturated heterocycles. The van der Waals surface area contributed by atoms with Gasteiger partial charge >= 0.3 is 12.1 Å². The highest BCUT2D eigenvalue weighted by Crippen LogP contribution is 2.43. The smallest absolute Gasteiger partial charge is 0.401 e. The lowest BCUT2D eigenvalue weighted by molar-refractivity contribution is -0.183. The van der Waals surface area contributed by atoms with Crippen LogP contribution in [0.15, 0.2) is 72.4 Å². The zero-order chi connectivity index (χ0) is 22.3. The number of alkyl halides is 3. The van der Waals surface area contributed by atoms with Crippen LogP contribution in [0, 0.1) is 11.2 Å². The summed E-state index contributed by atoms with van der Waals surface area (Å²) >= 11 is 0. The molecule has 0 radical (unpaired) electrons. The van der Waals surface area contributed by atoms with Crippen molar-refractivity contribution in [3.63, 3.8) is 0 Å². The number of hydrogen-bond donors (Lipinski definition) is 0. The number of piperazine rings is 1. The fourth-order valence-corrected chi connectivity index (χ4v) is 3.26. The SMILES string of the molecule is C=C1CN(c2ccc(C(=O)OC)c(F)c2)C(=C)CN1C1=CC(C)(C(F)(F)F)C=C=C1. The molecule has 8 heteroatoms. The average molecular weight is 420 g/mol. The Hall–Kier alpha value is -3.25. The first-order valence-corrected chi connectivity index (χ1v) is 8.98. The van der Waals surface area contributed by atoms with Crippen LogP contribution in [0.4, 0.5) is 23.2 Å². The molecule has 0 aromatic heterocycles. The Labute approximate surface area is 171 Å². The maximum absolute atomic E-state index is 14.3. The van der Waals surface area contributed by atoms with Crippen LogP contribution in [0.3, 0.4) is 0 Å². The quantitative estimate of drug-likeness (QED) is 0.394. The van der Waals surface area contributed by atoms with Gasteiger partial charge in [0.1, 0.15) is 11.2 Å². The van der Waals surface area contributed by atoms with Gasteiger partial charge in [0, 0.05) is 28.9 Å². The zero-order valence-corrected chi connectivity index (χ0v) is 16.5. The van der Waals surface area contributed by atoms with Gasteiger partial charge in [0.05, 0.1) is 25.8 Å². The monoisotopic (exact) mass is 420 g/mol. The van der Waals surface area contributed by atoms with Crippen molar-refractivity contribution < 1.29 is 27.1 Å².